The van der Waals surface area contributed by atoms with E-state index >= 15 is 0 Å². The van der Waals surface area contributed by atoms with Crippen LogP contribution in [0.1, 0.15) is 43.5 Å². The molecule has 0 radical (unpaired) electrons. The fourth-order valence-corrected chi connectivity index (χ4v) is 3.14. The lowest BCUT2D eigenvalue weighted by atomic mass is 9.75. The minimum absolute atomic E-state index is 0.0959. The molecule has 1 aromatic carbocycles. The summed E-state index contributed by atoms with van der Waals surface area (Å²) in [5, 5.41) is 4.66. The molecule has 2 aromatic rings. The zero-order valence-corrected chi connectivity index (χ0v) is 12.0. The van der Waals surface area contributed by atoms with E-state index in [4.69, 9.17) is 5.73 Å². The van der Waals surface area contributed by atoms with Crippen molar-refractivity contribution in [3.63, 3.8) is 0 Å². The Labute approximate surface area is 118 Å². The van der Waals surface area contributed by atoms with Gasteiger partial charge in [-0.1, -0.05) is 26.0 Å². The molecule has 106 valence electrons. The molecule has 0 bridgehead atoms. The van der Waals surface area contributed by atoms with Gasteiger partial charge in [0.1, 0.15) is 11.6 Å². The summed E-state index contributed by atoms with van der Waals surface area (Å²) in [6.07, 6.45) is 3.30. The lowest BCUT2D eigenvalue weighted by Crippen LogP contribution is -2.24. The molecule has 0 saturated carbocycles. The van der Waals surface area contributed by atoms with E-state index in [1.807, 2.05) is 4.68 Å². The molecule has 1 heterocycles. The highest BCUT2D eigenvalue weighted by atomic mass is 19.1. The van der Waals surface area contributed by atoms with Crippen LogP contribution in [0.25, 0.3) is 0 Å². The third-order valence-electron chi connectivity index (χ3n) is 4.20. The third-order valence-corrected chi connectivity index (χ3v) is 4.20. The lowest BCUT2D eigenvalue weighted by molar-refractivity contribution is 0.432. The normalized spacial score (nSPS) is 16.9. The molecule has 4 heteroatoms. The molecule has 2 N–H and O–H groups in total. The third kappa shape index (κ3) is 2.19. The van der Waals surface area contributed by atoms with Gasteiger partial charge in [-0.05, 0) is 42.4 Å². The molecule has 1 aliphatic rings. The first kappa shape index (κ1) is 13.2. The van der Waals surface area contributed by atoms with E-state index in [0.717, 1.165) is 36.3 Å². The first-order valence-corrected chi connectivity index (χ1v) is 7.07. The number of nitrogens with two attached hydrogens (primary N) is 1. The van der Waals surface area contributed by atoms with Crippen molar-refractivity contribution in [1.82, 2.24) is 9.78 Å². The van der Waals surface area contributed by atoms with Gasteiger partial charge in [0.2, 0.25) is 0 Å². The first-order valence-electron chi connectivity index (χ1n) is 7.07. The van der Waals surface area contributed by atoms with Crippen molar-refractivity contribution in [2.45, 2.75) is 45.1 Å². The van der Waals surface area contributed by atoms with E-state index in [2.05, 4.69) is 18.9 Å². The number of anilines is 1. The zero-order chi connectivity index (χ0) is 14.3. The molecule has 0 atom stereocenters. The predicted molar refractivity (Wildman–Crippen MR) is 78.1 cm³/mol. The number of halogens is 1. The van der Waals surface area contributed by atoms with Gasteiger partial charge in [0, 0.05) is 5.56 Å². The number of fused-ring (bicyclic) bond motifs is 1. The first-order chi connectivity index (χ1) is 9.47. The molecule has 3 rings (SSSR count). The van der Waals surface area contributed by atoms with Gasteiger partial charge in [-0.3, -0.25) is 0 Å². The van der Waals surface area contributed by atoms with E-state index in [1.54, 1.807) is 12.1 Å². The van der Waals surface area contributed by atoms with Crippen LogP contribution in [0.5, 0.6) is 0 Å². The Hall–Kier alpha value is -1.84. The van der Waals surface area contributed by atoms with Crippen molar-refractivity contribution < 1.29 is 4.39 Å². The van der Waals surface area contributed by atoms with Gasteiger partial charge in [0.15, 0.2) is 0 Å². The Morgan fingerprint density at radius 1 is 1.30 bits per heavy atom. The molecule has 3 nitrogen and oxygen atoms in total. The summed E-state index contributed by atoms with van der Waals surface area (Å²) in [6.45, 7) is 5.05. The number of aryl methyl sites for hydroxylation is 1. The maximum atomic E-state index is 12.9. The average Bonchev–Trinajstić information content (AvgIpc) is 2.70. The van der Waals surface area contributed by atoms with Crippen molar-refractivity contribution in [3.8, 4) is 0 Å². The van der Waals surface area contributed by atoms with Gasteiger partial charge in [-0.2, -0.15) is 5.10 Å². The second kappa shape index (κ2) is 4.62. The molecule has 1 aromatic heterocycles. The summed E-state index contributed by atoms with van der Waals surface area (Å²) in [4.78, 5) is 0. The van der Waals surface area contributed by atoms with Gasteiger partial charge >= 0.3 is 0 Å². The minimum atomic E-state index is -0.220. The van der Waals surface area contributed by atoms with Gasteiger partial charge < -0.3 is 5.73 Å². The van der Waals surface area contributed by atoms with Crippen LogP contribution in [0.3, 0.4) is 0 Å². The van der Waals surface area contributed by atoms with E-state index in [9.17, 15) is 4.39 Å². The summed E-state index contributed by atoms with van der Waals surface area (Å²) in [6, 6.07) is 6.50. The van der Waals surface area contributed by atoms with Crippen LogP contribution in [0.15, 0.2) is 24.3 Å². The maximum absolute atomic E-state index is 12.9. The van der Waals surface area contributed by atoms with Crippen LogP contribution in [0, 0.1) is 5.82 Å². The molecule has 0 fully saturated rings. The SMILES string of the molecule is CC1(C)CCCc2nn(Cc3ccc(F)cc3)c(N)c21. The Morgan fingerprint density at radius 3 is 2.65 bits per heavy atom. The van der Waals surface area contributed by atoms with Gasteiger partial charge in [-0.25, -0.2) is 9.07 Å². The van der Waals surface area contributed by atoms with Gasteiger partial charge in [-0.15, -0.1) is 0 Å². The quantitative estimate of drug-likeness (QED) is 0.912. The van der Waals surface area contributed by atoms with Crippen LogP contribution in [-0.2, 0) is 18.4 Å². The molecule has 0 saturated heterocycles. The van der Waals surface area contributed by atoms with E-state index in [0.29, 0.717) is 6.54 Å². The molecule has 0 amide bonds. The maximum Gasteiger partial charge on any atom is 0.126 e. The summed E-state index contributed by atoms with van der Waals surface area (Å²) in [5.74, 6) is 0.539. The van der Waals surface area contributed by atoms with Crippen molar-refractivity contribution in [2.75, 3.05) is 5.73 Å². The van der Waals surface area contributed by atoms with Crippen LogP contribution < -0.4 is 5.73 Å². The molecule has 0 spiro atoms. The molecule has 0 aliphatic heterocycles. The Balaban J connectivity index is 1.96. The van der Waals surface area contributed by atoms with Gasteiger partial charge in [0.05, 0.1) is 12.2 Å². The summed E-state index contributed by atoms with van der Waals surface area (Å²) in [5.41, 5.74) is 9.74. The molecule has 20 heavy (non-hydrogen) atoms. The Kier molecular flexibility index (Phi) is 3.04. The molecule has 1 aliphatic carbocycles. The smallest absolute Gasteiger partial charge is 0.126 e. The number of aromatic nitrogens is 2. The topological polar surface area (TPSA) is 43.8 Å². The van der Waals surface area contributed by atoms with Crippen LogP contribution in [0.2, 0.25) is 0 Å². The average molecular weight is 273 g/mol. The second-order valence-corrected chi connectivity index (χ2v) is 6.23. The fraction of sp³-hybridized carbons (Fsp3) is 0.438. The monoisotopic (exact) mass is 273 g/mol. The van der Waals surface area contributed by atoms with E-state index < -0.39 is 0 Å². The Morgan fingerprint density at radius 2 is 2.00 bits per heavy atom. The second-order valence-electron chi connectivity index (χ2n) is 6.23. The summed E-state index contributed by atoms with van der Waals surface area (Å²) >= 11 is 0. The van der Waals surface area contributed by atoms with Crippen molar-refractivity contribution in [1.29, 1.82) is 0 Å². The van der Waals surface area contributed by atoms with Crippen LogP contribution >= 0.6 is 0 Å². The van der Waals surface area contributed by atoms with E-state index in [-0.39, 0.29) is 11.2 Å². The minimum Gasteiger partial charge on any atom is -0.384 e. The Bertz CT molecular complexity index is 626. The van der Waals surface area contributed by atoms with Crippen molar-refractivity contribution >= 4 is 5.82 Å². The molecule has 0 unspecified atom stereocenters. The number of benzene rings is 1. The highest BCUT2D eigenvalue weighted by Gasteiger charge is 2.33. The van der Waals surface area contributed by atoms with Crippen LogP contribution in [-0.4, -0.2) is 9.78 Å². The van der Waals surface area contributed by atoms with Crippen molar-refractivity contribution in [2.24, 2.45) is 0 Å². The largest absolute Gasteiger partial charge is 0.384 e. The molecular weight excluding hydrogens is 253 g/mol. The standard InChI is InChI=1S/C16H20FN3/c1-16(2)9-3-4-13-14(16)15(18)20(19-13)10-11-5-7-12(17)8-6-11/h5-8H,3-4,9-10,18H2,1-2H3. The molecular formula is C16H20FN3. The fourth-order valence-electron chi connectivity index (χ4n) is 3.14. The number of nitrogens with zero attached hydrogens (tertiary/aromatic N) is 2. The van der Waals surface area contributed by atoms with Gasteiger partial charge in [0.25, 0.3) is 0 Å². The summed E-state index contributed by atoms with van der Waals surface area (Å²) in [7, 11) is 0. The van der Waals surface area contributed by atoms with Crippen LogP contribution in [0.4, 0.5) is 10.2 Å². The number of hydrogen-bond acceptors (Lipinski definition) is 2. The highest BCUT2D eigenvalue weighted by molar-refractivity contribution is 5.50. The predicted octanol–water partition coefficient (Wildman–Crippen LogP) is 3.27. The zero-order valence-electron chi connectivity index (χ0n) is 12.0. The number of nitrogen functional groups attached to an aromatic ring is 1. The van der Waals surface area contributed by atoms with E-state index in [1.165, 1.54) is 17.7 Å². The number of hydrogen-bond donors (Lipinski definition) is 1. The highest BCUT2D eigenvalue weighted by Crippen LogP contribution is 2.39. The lowest BCUT2D eigenvalue weighted by Gasteiger charge is -2.29. The number of rotatable bonds is 2. The van der Waals surface area contributed by atoms with Crippen molar-refractivity contribution in [3.05, 3.63) is 46.9 Å². The summed E-state index contributed by atoms with van der Waals surface area (Å²) < 4.78 is 14.8.